The molecule has 0 spiro atoms. The molecule has 0 fully saturated rings. The van der Waals surface area contributed by atoms with Gasteiger partial charge in [0.1, 0.15) is 0 Å². The molecule has 0 unspecified atom stereocenters. The quantitative estimate of drug-likeness (QED) is 0.279. The van der Waals surface area contributed by atoms with E-state index in [1.165, 1.54) is 0 Å². The Balaban J connectivity index is 0.000000437. The van der Waals surface area contributed by atoms with Crippen molar-refractivity contribution in [2.45, 2.75) is 6.42 Å². The molecule has 8 nitrogen and oxygen atoms in total. The Bertz CT molecular complexity index is 426. The minimum atomic E-state index is -4.67. The number of nitrogens with one attached hydrogen (secondary N) is 2. The van der Waals surface area contributed by atoms with Crippen LogP contribution in [0.4, 0.5) is 0 Å². The number of rotatable bonds is 3. The molecule has 0 aliphatic heterocycles. The summed E-state index contributed by atoms with van der Waals surface area (Å²) in [5.74, 6) is 0.00549. The second-order valence-electron chi connectivity index (χ2n) is 2.86. The zero-order chi connectivity index (χ0) is 13.3. The highest BCUT2D eigenvalue weighted by Crippen LogP contribution is 1.92. The zero-order valence-electron chi connectivity index (χ0n) is 8.87. The maximum absolute atomic E-state index is 8.74. The molecule has 6 N–H and O–H groups in total. The molecule has 0 atom stereocenters. The van der Waals surface area contributed by atoms with Crippen LogP contribution in [0.1, 0.15) is 5.69 Å². The summed E-state index contributed by atoms with van der Waals surface area (Å²) in [7, 11) is -4.67. The van der Waals surface area contributed by atoms with E-state index in [0.29, 0.717) is 6.54 Å². The van der Waals surface area contributed by atoms with Crippen molar-refractivity contribution in [1.29, 1.82) is 5.41 Å². The topological polar surface area (TPSA) is 149 Å². The molecule has 96 valence electrons. The summed E-state index contributed by atoms with van der Waals surface area (Å²) in [5.41, 5.74) is 6.11. The van der Waals surface area contributed by atoms with Crippen molar-refractivity contribution in [1.82, 2.24) is 10.3 Å². The lowest BCUT2D eigenvalue weighted by Crippen LogP contribution is -2.31. The van der Waals surface area contributed by atoms with Crippen molar-refractivity contribution in [3.8, 4) is 0 Å². The van der Waals surface area contributed by atoms with Gasteiger partial charge in [-0.3, -0.25) is 19.5 Å². The van der Waals surface area contributed by atoms with Gasteiger partial charge in [-0.25, -0.2) is 0 Å². The van der Waals surface area contributed by atoms with Crippen LogP contribution in [0.15, 0.2) is 24.4 Å². The largest absolute Gasteiger partial charge is 0.394 e. The summed E-state index contributed by atoms with van der Waals surface area (Å²) in [6.45, 7) is 0.659. The van der Waals surface area contributed by atoms with E-state index in [2.05, 4.69) is 10.3 Å². The first-order valence-corrected chi connectivity index (χ1v) is 5.86. The van der Waals surface area contributed by atoms with Crippen molar-refractivity contribution in [2.75, 3.05) is 6.54 Å². The first kappa shape index (κ1) is 15.3. The first-order valence-electron chi connectivity index (χ1n) is 4.46. The maximum atomic E-state index is 8.74. The van der Waals surface area contributed by atoms with Crippen LogP contribution in [0.2, 0.25) is 0 Å². The van der Waals surface area contributed by atoms with E-state index in [4.69, 9.17) is 28.7 Å². The van der Waals surface area contributed by atoms with Crippen LogP contribution in [-0.4, -0.2) is 35.0 Å². The number of nitrogens with two attached hydrogens (primary N) is 1. The predicted octanol–water partition coefficient (Wildman–Crippen LogP) is -0.546. The Hall–Kier alpha value is -1.71. The van der Waals surface area contributed by atoms with Gasteiger partial charge in [0.25, 0.3) is 0 Å². The van der Waals surface area contributed by atoms with E-state index in [1.807, 2.05) is 18.2 Å². The van der Waals surface area contributed by atoms with Gasteiger partial charge in [0.2, 0.25) is 0 Å². The molecule has 17 heavy (non-hydrogen) atoms. The highest BCUT2D eigenvalue weighted by atomic mass is 32.3. The van der Waals surface area contributed by atoms with E-state index in [1.54, 1.807) is 6.20 Å². The van der Waals surface area contributed by atoms with Crippen LogP contribution in [-0.2, 0) is 16.8 Å². The highest BCUT2D eigenvalue weighted by molar-refractivity contribution is 7.79. The number of guanidine groups is 1. The minimum Gasteiger partial charge on any atom is -0.370 e. The molecule has 1 aromatic rings. The van der Waals surface area contributed by atoms with Crippen molar-refractivity contribution in [3.63, 3.8) is 0 Å². The average molecular weight is 262 g/mol. The van der Waals surface area contributed by atoms with Crippen LogP contribution in [0.5, 0.6) is 0 Å². The summed E-state index contributed by atoms with van der Waals surface area (Å²) >= 11 is 0. The van der Waals surface area contributed by atoms with E-state index < -0.39 is 10.4 Å². The monoisotopic (exact) mass is 262 g/mol. The van der Waals surface area contributed by atoms with E-state index in [0.717, 1.165) is 12.1 Å². The van der Waals surface area contributed by atoms with E-state index in [-0.39, 0.29) is 5.96 Å². The minimum absolute atomic E-state index is 0.00549. The lowest BCUT2D eigenvalue weighted by Gasteiger charge is -2.01. The van der Waals surface area contributed by atoms with Crippen molar-refractivity contribution >= 4 is 16.4 Å². The Morgan fingerprint density at radius 1 is 1.47 bits per heavy atom. The van der Waals surface area contributed by atoms with Gasteiger partial charge in [-0.2, -0.15) is 8.42 Å². The fraction of sp³-hybridized carbons (Fsp3) is 0.250. The zero-order valence-corrected chi connectivity index (χ0v) is 9.68. The summed E-state index contributed by atoms with van der Waals surface area (Å²) in [4.78, 5) is 4.12. The molecule has 0 bridgehead atoms. The van der Waals surface area contributed by atoms with Gasteiger partial charge in [0.15, 0.2) is 5.96 Å². The third-order valence-corrected chi connectivity index (χ3v) is 1.42. The molecule has 0 aromatic carbocycles. The normalized spacial score (nSPS) is 10.0. The molecule has 1 heterocycles. The SMILES string of the molecule is N=C(N)NCCc1ccccn1.O=S(=O)(O)O. The smallest absolute Gasteiger partial charge is 0.370 e. The van der Waals surface area contributed by atoms with E-state index >= 15 is 0 Å². The summed E-state index contributed by atoms with van der Waals surface area (Å²) in [6.07, 6.45) is 2.55. The van der Waals surface area contributed by atoms with Crippen LogP contribution >= 0.6 is 0 Å². The van der Waals surface area contributed by atoms with Crippen LogP contribution < -0.4 is 11.1 Å². The van der Waals surface area contributed by atoms with Crippen LogP contribution in [0.25, 0.3) is 0 Å². The predicted molar refractivity (Wildman–Crippen MR) is 62.0 cm³/mol. The van der Waals surface area contributed by atoms with Gasteiger partial charge in [-0.15, -0.1) is 0 Å². The summed E-state index contributed by atoms with van der Waals surface area (Å²) in [6, 6.07) is 5.76. The Kier molecular flexibility index (Phi) is 6.79. The van der Waals surface area contributed by atoms with Crippen molar-refractivity contribution < 1.29 is 17.5 Å². The Morgan fingerprint density at radius 2 is 2.06 bits per heavy atom. The molecule has 0 saturated heterocycles. The van der Waals surface area contributed by atoms with Crippen molar-refractivity contribution in [2.24, 2.45) is 5.73 Å². The molecule has 1 aromatic heterocycles. The maximum Gasteiger partial charge on any atom is 0.394 e. The van der Waals surface area contributed by atoms with Gasteiger partial charge >= 0.3 is 10.4 Å². The van der Waals surface area contributed by atoms with Gasteiger partial charge in [-0.1, -0.05) is 6.07 Å². The number of aromatic nitrogens is 1. The third kappa shape index (κ3) is 14.3. The summed E-state index contributed by atoms with van der Waals surface area (Å²) < 4.78 is 31.6. The molecule has 9 heteroatoms. The second-order valence-corrected chi connectivity index (χ2v) is 3.76. The lowest BCUT2D eigenvalue weighted by molar-refractivity contribution is 0.381. The fourth-order valence-corrected chi connectivity index (χ4v) is 0.871. The molecule has 0 aliphatic carbocycles. The lowest BCUT2D eigenvalue weighted by atomic mass is 10.3. The molecule has 0 amide bonds. The molecule has 1 rings (SSSR count). The van der Waals surface area contributed by atoms with Crippen LogP contribution in [0, 0.1) is 5.41 Å². The standard InChI is InChI=1S/C8H12N4.H2O4S/c9-8(10)12-6-4-7-3-1-2-5-11-7;1-5(2,3)4/h1-3,5H,4,6H2,(H4,9,10,12);(H2,1,2,3,4). The number of hydrogen-bond acceptors (Lipinski definition) is 4. The Morgan fingerprint density at radius 3 is 2.47 bits per heavy atom. The first-order chi connectivity index (χ1) is 7.79. The van der Waals surface area contributed by atoms with Gasteiger partial charge < -0.3 is 11.1 Å². The Labute approximate surface area is 99.0 Å². The fourth-order valence-electron chi connectivity index (χ4n) is 0.871. The number of hydrogen-bond donors (Lipinski definition) is 5. The second kappa shape index (κ2) is 7.54. The van der Waals surface area contributed by atoms with Gasteiger partial charge in [-0.05, 0) is 12.1 Å². The number of nitrogens with zero attached hydrogens (tertiary/aromatic N) is 1. The summed E-state index contributed by atoms with van der Waals surface area (Å²) in [5, 5.41) is 9.62. The van der Waals surface area contributed by atoms with Gasteiger partial charge in [0.05, 0.1) is 0 Å². The number of pyridine rings is 1. The molecule has 0 aliphatic rings. The molecular weight excluding hydrogens is 248 g/mol. The van der Waals surface area contributed by atoms with Crippen molar-refractivity contribution in [3.05, 3.63) is 30.1 Å². The van der Waals surface area contributed by atoms with Crippen LogP contribution in [0.3, 0.4) is 0 Å². The molecular formula is C8H14N4O4S. The highest BCUT2D eigenvalue weighted by Gasteiger charge is 1.92. The molecule has 0 saturated carbocycles. The third-order valence-electron chi connectivity index (χ3n) is 1.42. The van der Waals surface area contributed by atoms with Gasteiger partial charge in [0, 0.05) is 24.9 Å². The molecule has 0 radical (unpaired) electrons. The van der Waals surface area contributed by atoms with E-state index in [9.17, 15) is 0 Å². The average Bonchev–Trinajstić information content (AvgIpc) is 2.16.